The van der Waals surface area contributed by atoms with E-state index in [4.69, 9.17) is 17.0 Å². The number of halogens is 1. The monoisotopic (exact) mass is 239 g/mol. The smallest absolute Gasteiger partial charge is 0.216 e. The van der Waals surface area contributed by atoms with Crippen molar-refractivity contribution in [1.29, 1.82) is 0 Å². The number of benzene rings is 1. The van der Waals surface area contributed by atoms with Gasteiger partial charge in [-0.2, -0.15) is 4.98 Å². The van der Waals surface area contributed by atoms with Gasteiger partial charge in [-0.25, -0.2) is 4.39 Å². The molecule has 0 bridgehead atoms. The molecule has 0 unspecified atom stereocenters. The Labute approximate surface area is 96.7 Å². The Kier molecular flexibility index (Phi) is 2.74. The van der Waals surface area contributed by atoms with E-state index in [0.717, 1.165) is 5.56 Å². The minimum Gasteiger partial charge on any atom is -0.494 e. The Hall–Kier alpha value is -1.69. The number of H-pyrrole nitrogens is 1. The summed E-state index contributed by atoms with van der Waals surface area (Å²) in [5.74, 6) is 0.369. The Morgan fingerprint density at radius 2 is 2.25 bits per heavy atom. The quantitative estimate of drug-likeness (QED) is 0.818. The third kappa shape index (κ3) is 1.83. The van der Waals surface area contributed by atoms with Crippen LogP contribution in [-0.2, 0) is 7.05 Å². The molecule has 16 heavy (non-hydrogen) atoms. The standard InChI is InChI=1S/C10H10FN3OS/c1-14-10(16)12-9(13-14)6-3-4-7(11)8(5-6)15-2/h3-5H,1-2H3,(H,12,13,16). The molecule has 0 saturated carbocycles. The molecule has 0 aliphatic heterocycles. The van der Waals surface area contributed by atoms with Crippen molar-refractivity contribution in [3.63, 3.8) is 0 Å². The molecular formula is C10H10FN3OS. The van der Waals surface area contributed by atoms with Crippen molar-refractivity contribution >= 4 is 12.2 Å². The number of nitrogens with zero attached hydrogens (tertiary/aromatic N) is 2. The van der Waals surface area contributed by atoms with Crippen LogP contribution in [0.15, 0.2) is 18.2 Å². The second-order valence-corrected chi connectivity index (χ2v) is 3.63. The van der Waals surface area contributed by atoms with Crippen molar-refractivity contribution in [3.05, 3.63) is 28.8 Å². The van der Waals surface area contributed by atoms with E-state index in [0.29, 0.717) is 10.6 Å². The predicted octanol–water partition coefficient (Wildman–Crippen LogP) is 2.29. The van der Waals surface area contributed by atoms with Crippen LogP contribution in [0.2, 0.25) is 0 Å². The summed E-state index contributed by atoms with van der Waals surface area (Å²) in [7, 11) is 3.18. The second kappa shape index (κ2) is 4.05. The first kappa shape index (κ1) is 10.8. The summed E-state index contributed by atoms with van der Waals surface area (Å²) in [6.45, 7) is 0. The highest BCUT2D eigenvalue weighted by Gasteiger charge is 2.07. The third-order valence-corrected chi connectivity index (χ3v) is 2.56. The molecule has 0 fully saturated rings. The van der Waals surface area contributed by atoms with Gasteiger partial charge in [0.1, 0.15) is 0 Å². The summed E-state index contributed by atoms with van der Waals surface area (Å²) >= 11 is 4.98. The zero-order valence-corrected chi connectivity index (χ0v) is 9.64. The van der Waals surface area contributed by atoms with Gasteiger partial charge >= 0.3 is 0 Å². The van der Waals surface area contributed by atoms with Crippen LogP contribution in [0.5, 0.6) is 5.75 Å². The maximum atomic E-state index is 13.2. The number of aryl methyl sites for hydroxylation is 1. The molecule has 0 atom stereocenters. The highest BCUT2D eigenvalue weighted by molar-refractivity contribution is 7.71. The molecular weight excluding hydrogens is 229 g/mol. The number of ether oxygens (including phenoxy) is 1. The Bertz CT molecular complexity index is 576. The molecule has 0 aliphatic rings. The lowest BCUT2D eigenvalue weighted by atomic mass is 10.2. The molecule has 0 spiro atoms. The first-order chi connectivity index (χ1) is 7.61. The minimum atomic E-state index is -0.402. The molecule has 0 aliphatic carbocycles. The topological polar surface area (TPSA) is 42.8 Å². The largest absolute Gasteiger partial charge is 0.494 e. The number of methoxy groups -OCH3 is 1. The maximum absolute atomic E-state index is 13.2. The lowest BCUT2D eigenvalue weighted by molar-refractivity contribution is 0.386. The van der Waals surface area contributed by atoms with Gasteiger partial charge < -0.3 is 4.74 Å². The summed E-state index contributed by atoms with van der Waals surface area (Å²) < 4.78 is 20.1. The van der Waals surface area contributed by atoms with Gasteiger partial charge in [0.25, 0.3) is 0 Å². The number of rotatable bonds is 2. The summed E-state index contributed by atoms with van der Waals surface area (Å²) in [6.07, 6.45) is 0. The van der Waals surface area contributed by atoms with E-state index < -0.39 is 5.82 Å². The molecule has 6 heteroatoms. The van der Waals surface area contributed by atoms with Gasteiger partial charge in [-0.15, -0.1) is 0 Å². The van der Waals surface area contributed by atoms with Crippen LogP contribution in [0, 0.1) is 10.6 Å². The minimum absolute atomic E-state index is 0.183. The van der Waals surface area contributed by atoms with E-state index in [1.807, 2.05) is 0 Å². The zero-order valence-electron chi connectivity index (χ0n) is 8.82. The van der Waals surface area contributed by atoms with Crippen LogP contribution >= 0.6 is 12.2 Å². The van der Waals surface area contributed by atoms with E-state index in [1.165, 1.54) is 13.2 Å². The first-order valence-electron chi connectivity index (χ1n) is 4.59. The fourth-order valence-corrected chi connectivity index (χ4v) is 1.48. The number of aromatic nitrogens is 3. The highest BCUT2D eigenvalue weighted by Crippen LogP contribution is 2.23. The summed E-state index contributed by atoms with van der Waals surface area (Å²) in [6, 6.07) is 4.52. The predicted molar refractivity (Wildman–Crippen MR) is 60.3 cm³/mol. The van der Waals surface area contributed by atoms with Crippen LogP contribution in [0.25, 0.3) is 11.4 Å². The summed E-state index contributed by atoms with van der Waals surface area (Å²) in [5, 5.41) is 2.95. The molecule has 2 rings (SSSR count). The van der Waals surface area contributed by atoms with Crippen molar-refractivity contribution in [3.8, 4) is 17.1 Å². The molecule has 0 amide bonds. The van der Waals surface area contributed by atoms with Gasteiger partial charge in [-0.3, -0.25) is 9.78 Å². The Morgan fingerprint density at radius 1 is 1.50 bits per heavy atom. The average Bonchev–Trinajstić information content (AvgIpc) is 2.60. The Morgan fingerprint density at radius 3 is 2.81 bits per heavy atom. The molecule has 0 saturated heterocycles. The van der Waals surface area contributed by atoms with Crippen LogP contribution in [0.1, 0.15) is 0 Å². The number of nitrogens with one attached hydrogen (secondary N) is 1. The molecule has 0 radical (unpaired) electrons. The van der Waals surface area contributed by atoms with Crippen molar-refractivity contribution in [2.45, 2.75) is 0 Å². The lowest BCUT2D eigenvalue weighted by Gasteiger charge is -2.03. The van der Waals surface area contributed by atoms with Gasteiger partial charge in [0.05, 0.1) is 7.11 Å². The molecule has 2 aromatic rings. The fourth-order valence-electron chi connectivity index (χ4n) is 1.34. The van der Waals surface area contributed by atoms with E-state index in [2.05, 4.69) is 10.1 Å². The lowest BCUT2D eigenvalue weighted by Crippen LogP contribution is -1.91. The van der Waals surface area contributed by atoms with Crippen molar-refractivity contribution < 1.29 is 9.13 Å². The number of aromatic amines is 1. The van der Waals surface area contributed by atoms with Crippen molar-refractivity contribution in [2.75, 3.05) is 7.11 Å². The zero-order chi connectivity index (χ0) is 11.7. The molecule has 4 nitrogen and oxygen atoms in total. The number of hydrogen-bond acceptors (Lipinski definition) is 3. The molecule has 84 valence electrons. The Balaban J connectivity index is 2.52. The maximum Gasteiger partial charge on any atom is 0.216 e. The van der Waals surface area contributed by atoms with Gasteiger partial charge in [0.15, 0.2) is 17.4 Å². The highest BCUT2D eigenvalue weighted by atomic mass is 32.1. The molecule has 1 aromatic carbocycles. The van der Waals surface area contributed by atoms with Crippen LogP contribution in [0.3, 0.4) is 0 Å². The number of hydrogen-bond donors (Lipinski definition) is 1. The molecule has 1 N–H and O–H groups in total. The van der Waals surface area contributed by atoms with Gasteiger partial charge in [-0.05, 0) is 30.4 Å². The fraction of sp³-hybridized carbons (Fsp3) is 0.200. The molecule has 1 heterocycles. The van der Waals surface area contributed by atoms with E-state index in [9.17, 15) is 4.39 Å². The average molecular weight is 239 g/mol. The SMILES string of the molecule is COc1cc(-c2nc(=S)n(C)[nH]2)ccc1F. The van der Waals surface area contributed by atoms with E-state index in [1.54, 1.807) is 23.9 Å². The van der Waals surface area contributed by atoms with Gasteiger partial charge in [0.2, 0.25) is 4.77 Å². The molecule has 1 aromatic heterocycles. The van der Waals surface area contributed by atoms with E-state index >= 15 is 0 Å². The van der Waals surface area contributed by atoms with Crippen molar-refractivity contribution in [2.24, 2.45) is 7.05 Å². The van der Waals surface area contributed by atoms with Crippen LogP contribution in [0.4, 0.5) is 4.39 Å². The second-order valence-electron chi connectivity index (χ2n) is 3.26. The van der Waals surface area contributed by atoms with Crippen molar-refractivity contribution in [1.82, 2.24) is 14.8 Å². The summed E-state index contributed by atoms with van der Waals surface area (Å²) in [5.41, 5.74) is 0.727. The first-order valence-corrected chi connectivity index (χ1v) is 4.99. The van der Waals surface area contributed by atoms with Crippen LogP contribution < -0.4 is 4.74 Å². The normalized spacial score (nSPS) is 10.4. The van der Waals surface area contributed by atoms with Crippen LogP contribution in [-0.4, -0.2) is 21.9 Å². The third-order valence-electron chi connectivity index (χ3n) is 2.19. The van der Waals surface area contributed by atoms with E-state index in [-0.39, 0.29) is 5.75 Å². The van der Waals surface area contributed by atoms with Gasteiger partial charge in [-0.1, -0.05) is 0 Å². The van der Waals surface area contributed by atoms with Gasteiger partial charge in [0, 0.05) is 12.6 Å². The summed E-state index contributed by atoms with van der Waals surface area (Å²) in [4.78, 5) is 4.13.